The van der Waals surface area contributed by atoms with Gasteiger partial charge in [-0.2, -0.15) is 0 Å². The quantitative estimate of drug-likeness (QED) is 0.688. The highest BCUT2D eigenvalue weighted by atomic mass is 16.7. The molecule has 92 valence electrons. The zero-order chi connectivity index (χ0) is 12.3. The molecule has 1 N–H and O–H groups in total. The highest BCUT2D eigenvalue weighted by Crippen LogP contribution is 2.25. The maximum absolute atomic E-state index is 10.7. The van der Waals surface area contributed by atoms with Crippen molar-refractivity contribution in [1.29, 1.82) is 0 Å². The monoisotopic (exact) mass is 232 g/mol. The average Bonchev–Trinajstić information content (AvgIpc) is 2.45. The summed E-state index contributed by atoms with van der Waals surface area (Å²) in [5.74, 6) is -0.894. The Balaban J connectivity index is 2.48. The van der Waals surface area contributed by atoms with Crippen LogP contribution in [0.15, 0.2) is 0 Å². The van der Waals surface area contributed by atoms with Gasteiger partial charge >= 0.3 is 11.9 Å². The van der Waals surface area contributed by atoms with Gasteiger partial charge in [0.15, 0.2) is 12.4 Å². The minimum absolute atomic E-state index is 0.315. The predicted molar refractivity (Wildman–Crippen MR) is 52.3 cm³/mol. The van der Waals surface area contributed by atoms with Gasteiger partial charge in [0.2, 0.25) is 0 Å². The third-order valence-electron chi connectivity index (χ3n) is 2.29. The topological polar surface area (TPSA) is 82.1 Å². The van der Waals surface area contributed by atoms with Crippen molar-refractivity contribution in [3.05, 3.63) is 0 Å². The van der Waals surface area contributed by atoms with Crippen molar-refractivity contribution < 1.29 is 28.9 Å². The fraction of sp³-hybridized carbons (Fsp3) is 0.800. The Bertz CT molecular complexity index is 276. The number of rotatable bonds is 3. The highest BCUT2D eigenvalue weighted by Gasteiger charge is 2.39. The molecule has 0 aromatic rings. The summed E-state index contributed by atoms with van der Waals surface area (Å²) in [7, 11) is 0. The molecule has 0 radical (unpaired) electrons. The van der Waals surface area contributed by atoms with E-state index in [9.17, 15) is 14.7 Å². The number of hydrogen-bond donors (Lipinski definition) is 1. The van der Waals surface area contributed by atoms with Gasteiger partial charge < -0.3 is 19.3 Å². The van der Waals surface area contributed by atoms with Gasteiger partial charge in [-0.25, -0.2) is 0 Å². The van der Waals surface area contributed by atoms with Gasteiger partial charge in [-0.1, -0.05) is 0 Å². The molecule has 4 atom stereocenters. The fourth-order valence-electron chi connectivity index (χ4n) is 1.63. The number of aliphatic hydroxyl groups is 1. The molecule has 1 heterocycles. The summed E-state index contributed by atoms with van der Waals surface area (Å²) in [4.78, 5) is 21.5. The molecule has 16 heavy (non-hydrogen) atoms. The van der Waals surface area contributed by atoms with Gasteiger partial charge in [0, 0.05) is 20.3 Å². The Morgan fingerprint density at radius 3 is 2.50 bits per heavy atom. The fourth-order valence-corrected chi connectivity index (χ4v) is 1.63. The van der Waals surface area contributed by atoms with Crippen LogP contribution in [-0.2, 0) is 23.8 Å². The molecule has 0 aromatic heterocycles. The average molecular weight is 232 g/mol. The van der Waals surface area contributed by atoms with Crippen LogP contribution in [0.5, 0.6) is 0 Å². The van der Waals surface area contributed by atoms with Crippen LogP contribution in [0.3, 0.4) is 0 Å². The normalized spacial score (nSPS) is 30.9. The van der Waals surface area contributed by atoms with Crippen LogP contribution in [0, 0.1) is 0 Å². The third kappa shape index (κ3) is 3.46. The number of carbonyl (C=O) groups excluding carboxylic acids is 2. The van der Waals surface area contributed by atoms with E-state index in [4.69, 9.17) is 14.2 Å². The second-order valence-corrected chi connectivity index (χ2v) is 3.76. The molecule has 6 nitrogen and oxygen atoms in total. The lowest BCUT2D eigenvalue weighted by molar-refractivity contribution is -0.176. The summed E-state index contributed by atoms with van der Waals surface area (Å²) in [5.41, 5.74) is 0. The molecule has 1 saturated heterocycles. The Labute approximate surface area is 93.5 Å². The standard InChI is InChI=1S/C10H16O6/c1-5(14-6(2)11)8-4-9(10(13)16-8)15-7(3)12/h5,8-10,13H,4H2,1-3H3/t5-,8+,9-,10?/m1/s1. The van der Waals surface area contributed by atoms with Crippen molar-refractivity contribution >= 4 is 11.9 Å². The summed E-state index contributed by atoms with van der Waals surface area (Å²) in [5, 5.41) is 9.45. The lowest BCUT2D eigenvalue weighted by Crippen LogP contribution is -2.28. The van der Waals surface area contributed by atoms with E-state index in [-0.39, 0.29) is 0 Å². The van der Waals surface area contributed by atoms with Crippen LogP contribution < -0.4 is 0 Å². The first-order chi connectivity index (χ1) is 7.40. The number of aliphatic hydroxyl groups excluding tert-OH is 1. The van der Waals surface area contributed by atoms with Crippen molar-refractivity contribution in [2.45, 2.75) is 51.8 Å². The van der Waals surface area contributed by atoms with Crippen LogP contribution in [-0.4, -0.2) is 41.6 Å². The lowest BCUT2D eigenvalue weighted by atomic mass is 10.1. The smallest absolute Gasteiger partial charge is 0.303 e. The van der Waals surface area contributed by atoms with E-state index >= 15 is 0 Å². The van der Waals surface area contributed by atoms with E-state index in [1.54, 1.807) is 6.92 Å². The van der Waals surface area contributed by atoms with Gasteiger partial charge in [0.25, 0.3) is 0 Å². The Morgan fingerprint density at radius 1 is 1.38 bits per heavy atom. The highest BCUT2D eigenvalue weighted by molar-refractivity contribution is 5.66. The molecule has 0 bridgehead atoms. The van der Waals surface area contributed by atoms with Crippen molar-refractivity contribution in [2.75, 3.05) is 0 Å². The number of carbonyl (C=O) groups is 2. The van der Waals surface area contributed by atoms with E-state index in [1.807, 2.05) is 0 Å². The molecular weight excluding hydrogens is 216 g/mol. The number of hydrogen-bond acceptors (Lipinski definition) is 6. The Kier molecular flexibility index (Phi) is 4.26. The van der Waals surface area contributed by atoms with Gasteiger partial charge in [-0.3, -0.25) is 9.59 Å². The van der Waals surface area contributed by atoms with Crippen LogP contribution in [0.4, 0.5) is 0 Å². The van der Waals surface area contributed by atoms with Crippen LogP contribution >= 0.6 is 0 Å². The first-order valence-corrected chi connectivity index (χ1v) is 5.08. The van der Waals surface area contributed by atoms with E-state index in [0.29, 0.717) is 6.42 Å². The first kappa shape index (κ1) is 12.9. The summed E-state index contributed by atoms with van der Waals surface area (Å²) >= 11 is 0. The molecule has 1 aliphatic heterocycles. The largest absolute Gasteiger partial charge is 0.460 e. The number of ether oxygens (including phenoxy) is 3. The molecule has 0 aromatic carbocycles. The Hall–Kier alpha value is -1.14. The van der Waals surface area contributed by atoms with Crippen molar-refractivity contribution in [3.63, 3.8) is 0 Å². The van der Waals surface area contributed by atoms with Crippen molar-refractivity contribution in [3.8, 4) is 0 Å². The van der Waals surface area contributed by atoms with E-state index in [2.05, 4.69) is 0 Å². The van der Waals surface area contributed by atoms with Crippen LogP contribution in [0.25, 0.3) is 0 Å². The Morgan fingerprint density at radius 2 is 2.00 bits per heavy atom. The summed E-state index contributed by atoms with van der Waals surface area (Å²) < 4.78 is 14.9. The van der Waals surface area contributed by atoms with Crippen LogP contribution in [0.2, 0.25) is 0 Å². The molecule has 0 saturated carbocycles. The SMILES string of the molecule is CC(=O)O[C@@H]1C[C@@H]([C@@H](C)OC(C)=O)OC1O. The molecule has 1 rings (SSSR count). The maximum atomic E-state index is 10.7. The number of esters is 2. The van der Waals surface area contributed by atoms with E-state index in [1.165, 1.54) is 13.8 Å². The molecule has 0 spiro atoms. The third-order valence-corrected chi connectivity index (χ3v) is 2.29. The lowest BCUT2D eigenvalue weighted by Gasteiger charge is -2.17. The predicted octanol–water partition coefficient (Wildman–Crippen LogP) is -0.0230. The molecule has 1 aliphatic rings. The van der Waals surface area contributed by atoms with E-state index in [0.717, 1.165) is 0 Å². The van der Waals surface area contributed by atoms with Crippen molar-refractivity contribution in [2.24, 2.45) is 0 Å². The summed E-state index contributed by atoms with van der Waals surface area (Å²) in [6.45, 7) is 4.22. The van der Waals surface area contributed by atoms with Crippen molar-refractivity contribution in [1.82, 2.24) is 0 Å². The zero-order valence-corrected chi connectivity index (χ0v) is 9.50. The minimum Gasteiger partial charge on any atom is -0.460 e. The second kappa shape index (κ2) is 5.27. The molecule has 0 amide bonds. The van der Waals surface area contributed by atoms with Gasteiger partial charge in [-0.05, 0) is 6.92 Å². The van der Waals surface area contributed by atoms with Gasteiger partial charge in [0.05, 0.1) is 0 Å². The van der Waals surface area contributed by atoms with Crippen LogP contribution in [0.1, 0.15) is 27.2 Å². The summed E-state index contributed by atoms with van der Waals surface area (Å²) in [6, 6.07) is 0. The first-order valence-electron chi connectivity index (χ1n) is 5.08. The second-order valence-electron chi connectivity index (χ2n) is 3.76. The molecule has 6 heteroatoms. The van der Waals surface area contributed by atoms with Gasteiger partial charge in [0.1, 0.15) is 12.2 Å². The molecule has 1 fully saturated rings. The molecule has 1 unspecified atom stereocenters. The molecule has 0 aliphatic carbocycles. The summed E-state index contributed by atoms with van der Waals surface area (Å²) in [6.07, 6.45) is -2.47. The van der Waals surface area contributed by atoms with E-state index < -0.39 is 36.5 Å². The van der Waals surface area contributed by atoms with Gasteiger partial charge in [-0.15, -0.1) is 0 Å². The maximum Gasteiger partial charge on any atom is 0.303 e. The minimum atomic E-state index is -1.16. The molecular formula is C10H16O6. The zero-order valence-electron chi connectivity index (χ0n) is 9.50.